The Morgan fingerprint density at radius 2 is 2.26 bits per heavy atom. The molecule has 0 aliphatic rings. The van der Waals surface area contributed by atoms with Crippen LogP contribution in [0.2, 0.25) is 0 Å². The highest BCUT2D eigenvalue weighted by atomic mass is 16.4. The van der Waals surface area contributed by atoms with Gasteiger partial charge in [-0.05, 0) is 32.4 Å². The third-order valence-electron chi connectivity index (χ3n) is 2.83. The predicted molar refractivity (Wildman–Crippen MR) is 73.2 cm³/mol. The maximum absolute atomic E-state index is 12.4. The monoisotopic (exact) mass is 264 g/mol. The van der Waals surface area contributed by atoms with E-state index >= 15 is 0 Å². The Balaban J connectivity index is 2.88. The molecule has 6 heteroatoms. The quantitative estimate of drug-likeness (QED) is 0.364. The summed E-state index contributed by atoms with van der Waals surface area (Å²) in [5, 5.41) is 11.4. The summed E-state index contributed by atoms with van der Waals surface area (Å²) in [6.45, 7) is 6.08. The Morgan fingerprint density at radius 1 is 1.58 bits per heavy atom. The van der Waals surface area contributed by atoms with Gasteiger partial charge in [-0.1, -0.05) is 11.2 Å². The number of carbonyl (C=O) groups is 1. The van der Waals surface area contributed by atoms with E-state index in [1.807, 2.05) is 26.8 Å². The van der Waals surface area contributed by atoms with Crippen molar-refractivity contribution < 1.29 is 10.0 Å². The van der Waals surface area contributed by atoms with Crippen LogP contribution in [0.3, 0.4) is 0 Å². The van der Waals surface area contributed by atoms with Crippen molar-refractivity contribution in [3.8, 4) is 0 Å². The van der Waals surface area contributed by atoms with Crippen LogP contribution in [0, 0.1) is 6.92 Å². The van der Waals surface area contributed by atoms with Gasteiger partial charge in [0.15, 0.2) is 0 Å². The second kappa shape index (κ2) is 6.72. The molecule has 0 saturated heterocycles. The lowest BCUT2D eigenvalue weighted by Crippen LogP contribution is -2.39. The van der Waals surface area contributed by atoms with Gasteiger partial charge < -0.3 is 15.8 Å². The summed E-state index contributed by atoms with van der Waals surface area (Å²) >= 11 is 0. The minimum Gasteiger partial charge on any atom is -0.409 e. The number of nitrogens with two attached hydrogens (primary N) is 1. The van der Waals surface area contributed by atoms with Crippen molar-refractivity contribution in [1.82, 2.24) is 9.88 Å². The lowest BCUT2D eigenvalue weighted by molar-refractivity contribution is 0.0704. The van der Waals surface area contributed by atoms with Crippen LogP contribution in [0.15, 0.2) is 23.5 Å². The van der Waals surface area contributed by atoms with E-state index in [0.717, 1.165) is 5.56 Å². The number of aryl methyl sites for hydroxylation is 1. The third kappa shape index (κ3) is 3.94. The first kappa shape index (κ1) is 14.9. The molecule has 1 aromatic rings. The van der Waals surface area contributed by atoms with Gasteiger partial charge in [-0.15, -0.1) is 0 Å². The predicted octanol–water partition coefficient (Wildman–Crippen LogP) is 1.38. The molecule has 1 aromatic heterocycles. The number of amides is 1. The zero-order chi connectivity index (χ0) is 14.4. The molecule has 0 saturated carbocycles. The summed E-state index contributed by atoms with van der Waals surface area (Å²) in [5.41, 5.74) is 6.71. The zero-order valence-electron chi connectivity index (χ0n) is 11.5. The molecule has 1 amide bonds. The van der Waals surface area contributed by atoms with Crippen molar-refractivity contribution in [2.24, 2.45) is 10.9 Å². The number of hydrogen-bond donors (Lipinski definition) is 2. The fourth-order valence-corrected chi connectivity index (χ4v) is 1.72. The molecular formula is C13H20N4O2. The van der Waals surface area contributed by atoms with Crippen molar-refractivity contribution in [1.29, 1.82) is 0 Å². The van der Waals surface area contributed by atoms with Gasteiger partial charge in [0.1, 0.15) is 11.5 Å². The second-order valence-electron chi connectivity index (χ2n) is 4.60. The first-order chi connectivity index (χ1) is 8.97. The van der Waals surface area contributed by atoms with E-state index in [0.29, 0.717) is 18.7 Å². The minimum atomic E-state index is -0.140. The summed E-state index contributed by atoms with van der Waals surface area (Å²) in [6, 6.07) is 3.66. The van der Waals surface area contributed by atoms with E-state index in [1.54, 1.807) is 17.2 Å². The Bertz CT molecular complexity index is 471. The van der Waals surface area contributed by atoms with Crippen molar-refractivity contribution in [3.05, 3.63) is 29.6 Å². The first-order valence-corrected chi connectivity index (χ1v) is 6.16. The molecule has 0 unspecified atom stereocenters. The van der Waals surface area contributed by atoms with E-state index in [2.05, 4.69) is 10.1 Å². The van der Waals surface area contributed by atoms with Crippen LogP contribution in [-0.4, -0.2) is 39.4 Å². The normalized spacial score (nSPS) is 11.7. The summed E-state index contributed by atoms with van der Waals surface area (Å²) < 4.78 is 0. The highest BCUT2D eigenvalue weighted by molar-refractivity contribution is 5.94. The second-order valence-corrected chi connectivity index (χ2v) is 4.60. The molecule has 0 fully saturated rings. The number of amidine groups is 1. The van der Waals surface area contributed by atoms with Gasteiger partial charge in [0.05, 0.1) is 0 Å². The van der Waals surface area contributed by atoms with Gasteiger partial charge in [-0.25, -0.2) is 0 Å². The van der Waals surface area contributed by atoms with Crippen LogP contribution in [0.25, 0.3) is 0 Å². The van der Waals surface area contributed by atoms with E-state index in [9.17, 15) is 4.79 Å². The van der Waals surface area contributed by atoms with Gasteiger partial charge in [-0.3, -0.25) is 9.78 Å². The maximum Gasteiger partial charge on any atom is 0.272 e. The van der Waals surface area contributed by atoms with Gasteiger partial charge >= 0.3 is 0 Å². The number of nitrogens with zero attached hydrogens (tertiary/aromatic N) is 3. The molecule has 0 spiro atoms. The average Bonchev–Trinajstić information content (AvgIpc) is 2.38. The molecule has 3 N–H and O–H groups in total. The lowest BCUT2D eigenvalue weighted by atomic mass is 10.1. The van der Waals surface area contributed by atoms with Crippen molar-refractivity contribution in [2.75, 3.05) is 6.54 Å². The number of hydrogen-bond acceptors (Lipinski definition) is 4. The van der Waals surface area contributed by atoms with E-state index in [1.165, 1.54) is 0 Å². The van der Waals surface area contributed by atoms with E-state index in [-0.39, 0.29) is 17.8 Å². The topological polar surface area (TPSA) is 91.8 Å². The summed E-state index contributed by atoms with van der Waals surface area (Å²) in [7, 11) is 0. The van der Waals surface area contributed by atoms with Gasteiger partial charge in [0.2, 0.25) is 0 Å². The van der Waals surface area contributed by atoms with Crippen LogP contribution in [0.1, 0.15) is 36.3 Å². The van der Waals surface area contributed by atoms with Crippen molar-refractivity contribution in [3.63, 3.8) is 0 Å². The molecule has 0 aliphatic carbocycles. The van der Waals surface area contributed by atoms with Crippen LogP contribution < -0.4 is 5.73 Å². The molecule has 0 aromatic carbocycles. The number of aromatic nitrogens is 1. The Labute approximate surface area is 112 Å². The van der Waals surface area contributed by atoms with E-state index in [4.69, 9.17) is 10.9 Å². The number of carbonyl (C=O) groups excluding carboxylic acids is 1. The van der Waals surface area contributed by atoms with Crippen LogP contribution in [-0.2, 0) is 0 Å². The Kier molecular flexibility index (Phi) is 5.29. The molecule has 6 nitrogen and oxygen atoms in total. The molecule has 104 valence electrons. The highest BCUT2D eigenvalue weighted by Gasteiger charge is 2.21. The van der Waals surface area contributed by atoms with E-state index < -0.39 is 0 Å². The molecule has 0 aliphatic heterocycles. The van der Waals surface area contributed by atoms with Crippen molar-refractivity contribution in [2.45, 2.75) is 33.2 Å². The standard InChI is InChI=1S/C13H20N4O2/c1-9(2)17(8-6-11(14)16-19)13(18)12-10(3)5-4-7-15-12/h4-5,7,9,19H,6,8H2,1-3H3,(H2,14,16). The fourth-order valence-electron chi connectivity index (χ4n) is 1.72. The third-order valence-corrected chi connectivity index (χ3v) is 2.83. The molecule has 0 radical (unpaired) electrons. The minimum absolute atomic E-state index is 0.0143. The summed E-state index contributed by atoms with van der Waals surface area (Å²) in [6.07, 6.45) is 1.93. The Morgan fingerprint density at radius 3 is 2.79 bits per heavy atom. The first-order valence-electron chi connectivity index (χ1n) is 6.16. The highest BCUT2D eigenvalue weighted by Crippen LogP contribution is 2.11. The van der Waals surface area contributed by atoms with Crippen LogP contribution in [0.5, 0.6) is 0 Å². The average molecular weight is 264 g/mol. The summed E-state index contributed by atoms with van der Waals surface area (Å²) in [4.78, 5) is 18.2. The molecule has 19 heavy (non-hydrogen) atoms. The Hall–Kier alpha value is -2.11. The van der Waals surface area contributed by atoms with Gasteiger partial charge in [-0.2, -0.15) is 0 Å². The smallest absolute Gasteiger partial charge is 0.272 e. The largest absolute Gasteiger partial charge is 0.409 e. The maximum atomic E-state index is 12.4. The number of oxime groups is 1. The number of pyridine rings is 1. The SMILES string of the molecule is Cc1cccnc1C(=O)N(CCC(N)=NO)C(C)C. The van der Waals surface area contributed by atoms with Gasteiger partial charge in [0.25, 0.3) is 5.91 Å². The molecule has 1 rings (SSSR count). The lowest BCUT2D eigenvalue weighted by Gasteiger charge is -2.26. The molecule has 0 bridgehead atoms. The fraction of sp³-hybridized carbons (Fsp3) is 0.462. The van der Waals surface area contributed by atoms with Gasteiger partial charge in [0, 0.05) is 25.2 Å². The summed E-state index contributed by atoms with van der Waals surface area (Å²) in [5.74, 6) is -0.0324. The van der Waals surface area contributed by atoms with Crippen LogP contribution in [0.4, 0.5) is 0 Å². The molecule has 0 atom stereocenters. The molecular weight excluding hydrogens is 244 g/mol. The van der Waals surface area contributed by atoms with Crippen molar-refractivity contribution >= 4 is 11.7 Å². The zero-order valence-corrected chi connectivity index (χ0v) is 11.5. The van der Waals surface area contributed by atoms with Crippen LogP contribution >= 0.6 is 0 Å². The molecule has 1 heterocycles. The number of rotatable bonds is 5.